The van der Waals surface area contributed by atoms with Crippen LogP contribution in [0.1, 0.15) is 48.1 Å². The molecule has 37 heavy (non-hydrogen) atoms. The second kappa shape index (κ2) is 10.7. The first kappa shape index (κ1) is 27.8. The molecule has 0 radical (unpaired) electrons. The maximum absolute atomic E-state index is 14.3. The molecule has 0 saturated heterocycles. The van der Waals surface area contributed by atoms with Gasteiger partial charge in [0.1, 0.15) is 29.5 Å². The Labute approximate surface area is 211 Å². The summed E-state index contributed by atoms with van der Waals surface area (Å²) in [6.45, 7) is 5.47. The number of nitrogens with one attached hydrogen (secondary N) is 2. The highest BCUT2D eigenvalue weighted by Crippen LogP contribution is 2.26. The van der Waals surface area contributed by atoms with E-state index in [1.54, 1.807) is 40.0 Å². The van der Waals surface area contributed by atoms with Gasteiger partial charge in [0.05, 0.1) is 24.3 Å². The number of nitrogens with zero attached hydrogens (tertiary/aromatic N) is 2. The Hall–Kier alpha value is -3.83. The topological polar surface area (TPSA) is 94.0 Å². The van der Waals surface area contributed by atoms with Crippen LogP contribution in [0.2, 0.25) is 0 Å². The molecule has 0 aliphatic heterocycles. The zero-order valence-electron chi connectivity index (χ0n) is 21.0. The van der Waals surface area contributed by atoms with E-state index in [-0.39, 0.29) is 28.3 Å². The van der Waals surface area contributed by atoms with Crippen molar-refractivity contribution >= 4 is 17.6 Å². The van der Waals surface area contributed by atoms with E-state index in [9.17, 15) is 27.2 Å². The molecular weight excluding hydrogens is 496 g/mol. The summed E-state index contributed by atoms with van der Waals surface area (Å²) < 4.78 is 68.5. The van der Waals surface area contributed by atoms with Crippen molar-refractivity contribution in [2.75, 3.05) is 13.1 Å². The van der Waals surface area contributed by atoms with E-state index in [1.165, 1.54) is 17.4 Å². The number of ether oxygens (including phenoxy) is 2. The third-order valence-electron chi connectivity index (χ3n) is 5.04. The molecule has 200 valence electrons. The first-order valence-electron chi connectivity index (χ1n) is 11.3. The number of imidazole rings is 1. The van der Waals surface area contributed by atoms with Gasteiger partial charge >= 0.3 is 6.09 Å². The van der Waals surface area contributed by atoms with Crippen molar-refractivity contribution in [3.8, 4) is 5.75 Å². The Kier molecular flexibility index (Phi) is 7.99. The Balaban J connectivity index is 1.74. The van der Waals surface area contributed by atoms with Crippen LogP contribution in [0.25, 0.3) is 5.65 Å². The number of hydrogen-bond acceptors (Lipinski definition) is 5. The smallest absolute Gasteiger partial charge is 0.407 e. The minimum absolute atomic E-state index is 0.0171. The molecule has 3 rings (SSSR count). The quantitative estimate of drug-likeness (QED) is 0.417. The fourth-order valence-electron chi connectivity index (χ4n) is 3.43. The number of alkyl halides is 2. The van der Waals surface area contributed by atoms with Crippen LogP contribution in [0.3, 0.4) is 0 Å². The summed E-state index contributed by atoms with van der Waals surface area (Å²) in [4.78, 5) is 28.8. The van der Waals surface area contributed by atoms with E-state index in [0.29, 0.717) is 5.56 Å². The number of halogens is 4. The lowest BCUT2D eigenvalue weighted by atomic mass is 10.2. The molecule has 0 atom stereocenters. The van der Waals surface area contributed by atoms with Crippen molar-refractivity contribution in [1.82, 2.24) is 20.0 Å². The van der Waals surface area contributed by atoms with Gasteiger partial charge in [0.2, 0.25) is 0 Å². The molecular formula is C25H28F4N4O4. The van der Waals surface area contributed by atoms with Crippen LogP contribution in [0.4, 0.5) is 22.4 Å². The first-order chi connectivity index (χ1) is 17.2. The predicted molar refractivity (Wildman–Crippen MR) is 127 cm³/mol. The third-order valence-corrected chi connectivity index (χ3v) is 5.04. The van der Waals surface area contributed by atoms with E-state index >= 15 is 0 Å². The molecule has 8 nitrogen and oxygen atoms in total. The summed E-state index contributed by atoms with van der Waals surface area (Å²) in [5, 5.41) is 4.14. The average molecular weight is 525 g/mol. The van der Waals surface area contributed by atoms with Crippen LogP contribution in [0, 0.1) is 25.5 Å². The Bertz CT molecular complexity index is 1300. The van der Waals surface area contributed by atoms with Gasteiger partial charge in [-0.3, -0.25) is 9.20 Å². The van der Waals surface area contributed by atoms with E-state index < -0.39 is 54.9 Å². The summed E-state index contributed by atoms with van der Waals surface area (Å²) in [6.07, 6.45) is 0.553. The van der Waals surface area contributed by atoms with Crippen molar-refractivity contribution in [3.05, 3.63) is 64.6 Å². The summed E-state index contributed by atoms with van der Waals surface area (Å²) >= 11 is 0. The zero-order chi connectivity index (χ0) is 27.5. The maximum atomic E-state index is 14.3. The van der Waals surface area contributed by atoms with Gasteiger partial charge in [-0.25, -0.2) is 27.3 Å². The second-order valence-electron chi connectivity index (χ2n) is 9.50. The van der Waals surface area contributed by atoms with Crippen molar-refractivity contribution in [3.63, 3.8) is 0 Å². The third kappa shape index (κ3) is 7.11. The summed E-state index contributed by atoms with van der Waals surface area (Å²) in [5.41, 5.74) is -0.126. The number of fused-ring (bicyclic) bond motifs is 1. The van der Waals surface area contributed by atoms with Crippen LogP contribution >= 0.6 is 0 Å². The van der Waals surface area contributed by atoms with E-state index in [2.05, 4.69) is 10.3 Å². The molecule has 0 bridgehead atoms. The Morgan fingerprint density at radius 2 is 1.68 bits per heavy atom. The minimum Gasteiger partial charge on any atom is -0.485 e. The summed E-state index contributed by atoms with van der Waals surface area (Å²) in [5.74, 6) is -5.69. The van der Waals surface area contributed by atoms with Crippen LogP contribution in [0.15, 0.2) is 30.5 Å². The van der Waals surface area contributed by atoms with Crippen LogP contribution < -0.4 is 15.4 Å². The van der Waals surface area contributed by atoms with Crippen molar-refractivity contribution < 1.29 is 36.6 Å². The highest BCUT2D eigenvalue weighted by Gasteiger charge is 2.32. The zero-order valence-corrected chi connectivity index (χ0v) is 21.0. The number of hydrogen-bond donors (Lipinski definition) is 2. The largest absolute Gasteiger partial charge is 0.485 e. The van der Waals surface area contributed by atoms with Crippen LogP contribution in [-0.4, -0.2) is 46.0 Å². The molecule has 0 unspecified atom stereocenters. The molecule has 3 aromatic rings. The number of benzene rings is 1. The van der Waals surface area contributed by atoms with Crippen LogP contribution in [-0.2, 0) is 11.3 Å². The normalized spacial score (nSPS) is 11.9. The monoisotopic (exact) mass is 524 g/mol. The first-order valence-corrected chi connectivity index (χ1v) is 11.3. The highest BCUT2D eigenvalue weighted by molar-refractivity contribution is 5.95. The number of rotatable bonds is 8. The molecule has 0 fully saturated rings. The fourth-order valence-corrected chi connectivity index (χ4v) is 3.43. The van der Waals surface area contributed by atoms with Gasteiger partial charge in [0.15, 0.2) is 11.4 Å². The van der Waals surface area contributed by atoms with Crippen molar-refractivity contribution in [2.45, 2.75) is 52.7 Å². The van der Waals surface area contributed by atoms with E-state index in [1.807, 2.05) is 5.32 Å². The number of aryl methyl sites for hydroxylation is 2. The van der Waals surface area contributed by atoms with Crippen molar-refractivity contribution in [1.29, 1.82) is 0 Å². The molecule has 1 aromatic carbocycles. The molecule has 2 heterocycles. The number of pyridine rings is 1. The molecule has 0 spiro atoms. The van der Waals surface area contributed by atoms with Crippen molar-refractivity contribution in [2.24, 2.45) is 0 Å². The number of aromatic nitrogens is 2. The maximum Gasteiger partial charge on any atom is 0.407 e. The standard InChI is InChI=1S/C25H28F4N4O4/c1-14-9-19(36-11-16-17(26)7-6-8-18(16)27)21-32-15(2)20(33(21)10-14)22(34)30-12-25(28,29)13-31-23(35)37-24(3,4)5/h6-10H,11-13H2,1-5H3,(H,30,34)(H,31,35). The minimum atomic E-state index is -3.46. The number of alkyl carbamates (subject to hydrolysis) is 1. The van der Waals surface area contributed by atoms with Gasteiger partial charge in [-0.05, 0) is 58.4 Å². The Morgan fingerprint density at radius 1 is 1.05 bits per heavy atom. The second-order valence-corrected chi connectivity index (χ2v) is 9.50. The molecule has 0 saturated carbocycles. The van der Waals surface area contributed by atoms with Gasteiger partial charge in [0.25, 0.3) is 11.8 Å². The average Bonchev–Trinajstić information content (AvgIpc) is 3.10. The van der Waals surface area contributed by atoms with Gasteiger partial charge in [-0.15, -0.1) is 0 Å². The lowest BCUT2D eigenvalue weighted by Gasteiger charge is -2.22. The molecule has 2 amide bonds. The lowest BCUT2D eigenvalue weighted by Crippen LogP contribution is -2.46. The van der Waals surface area contributed by atoms with Gasteiger partial charge < -0.3 is 20.1 Å². The van der Waals surface area contributed by atoms with E-state index in [0.717, 1.165) is 12.1 Å². The van der Waals surface area contributed by atoms with Crippen LogP contribution in [0.5, 0.6) is 5.75 Å². The Morgan fingerprint density at radius 3 is 2.30 bits per heavy atom. The highest BCUT2D eigenvalue weighted by atomic mass is 19.3. The molecule has 0 aliphatic rings. The van der Waals surface area contributed by atoms with Gasteiger partial charge in [0, 0.05) is 6.20 Å². The van der Waals surface area contributed by atoms with Gasteiger partial charge in [-0.2, -0.15) is 0 Å². The molecule has 2 N–H and O–H groups in total. The SMILES string of the molecule is Cc1cc(OCc2c(F)cccc2F)c2nc(C)c(C(=O)NCC(F)(F)CNC(=O)OC(C)(C)C)n2c1. The lowest BCUT2D eigenvalue weighted by molar-refractivity contribution is -0.00291. The predicted octanol–water partition coefficient (Wildman–Crippen LogP) is 4.70. The van der Waals surface area contributed by atoms with Gasteiger partial charge in [-0.1, -0.05) is 6.07 Å². The number of carbonyl (C=O) groups is 2. The molecule has 0 aliphatic carbocycles. The fraction of sp³-hybridized carbons (Fsp3) is 0.400. The molecule has 2 aromatic heterocycles. The summed E-state index contributed by atoms with van der Waals surface area (Å²) in [7, 11) is 0. The number of carbonyl (C=O) groups excluding carboxylic acids is 2. The summed E-state index contributed by atoms with van der Waals surface area (Å²) in [6, 6.07) is 5.03. The molecule has 12 heteroatoms. The van der Waals surface area contributed by atoms with E-state index in [4.69, 9.17) is 9.47 Å². The number of amides is 2.